The molecule has 3 fully saturated rings. The third kappa shape index (κ3) is 1.35. The van der Waals surface area contributed by atoms with Gasteiger partial charge in [-0.15, -0.1) is 0 Å². The highest BCUT2D eigenvalue weighted by Crippen LogP contribution is 2.62. The maximum Gasteiger partial charge on any atom is 0.0658 e. The van der Waals surface area contributed by atoms with Gasteiger partial charge >= 0.3 is 0 Å². The fourth-order valence-corrected chi connectivity index (χ4v) is 5.00. The molecule has 0 aliphatic heterocycles. The van der Waals surface area contributed by atoms with E-state index in [4.69, 9.17) is 0 Å². The Balaban J connectivity index is 1.78. The van der Waals surface area contributed by atoms with Crippen molar-refractivity contribution in [3.63, 3.8) is 0 Å². The molecule has 0 aromatic carbocycles. The van der Waals surface area contributed by atoms with Crippen LogP contribution in [0, 0.1) is 46.3 Å². The molecular weight excluding hydrogens is 194 g/mol. The van der Waals surface area contributed by atoms with E-state index < -0.39 is 0 Å². The third-order valence-electron chi connectivity index (χ3n) is 6.18. The zero-order chi connectivity index (χ0) is 11.3. The summed E-state index contributed by atoms with van der Waals surface area (Å²) in [6.07, 6.45) is 8.22. The molecule has 0 radical (unpaired) electrons. The lowest BCUT2D eigenvalue weighted by Gasteiger charge is -2.45. The fraction of sp³-hybridized carbons (Fsp3) is 0.933. The number of nitriles is 1. The van der Waals surface area contributed by atoms with E-state index in [2.05, 4.69) is 19.9 Å². The van der Waals surface area contributed by atoms with E-state index in [1.807, 2.05) is 0 Å². The summed E-state index contributed by atoms with van der Waals surface area (Å²) in [7, 11) is 0. The number of fused-ring (bicyclic) bond motifs is 5. The second kappa shape index (κ2) is 3.49. The van der Waals surface area contributed by atoms with Gasteiger partial charge in [0.2, 0.25) is 0 Å². The summed E-state index contributed by atoms with van der Waals surface area (Å²) in [5.74, 6) is 4.00. The Morgan fingerprint density at radius 2 is 2.06 bits per heavy atom. The van der Waals surface area contributed by atoms with E-state index in [1.54, 1.807) is 0 Å². The van der Waals surface area contributed by atoms with Crippen LogP contribution in [0.4, 0.5) is 0 Å². The maximum atomic E-state index is 9.18. The van der Waals surface area contributed by atoms with Gasteiger partial charge in [0.25, 0.3) is 0 Å². The summed E-state index contributed by atoms with van der Waals surface area (Å²) in [6.45, 7) is 4.84. The van der Waals surface area contributed by atoms with E-state index in [0.717, 1.165) is 23.7 Å². The zero-order valence-electron chi connectivity index (χ0n) is 10.6. The summed E-state index contributed by atoms with van der Waals surface area (Å²) < 4.78 is 0. The number of rotatable bonds is 1. The first-order chi connectivity index (χ1) is 7.67. The highest BCUT2D eigenvalue weighted by molar-refractivity contribution is 5.09. The molecule has 0 aromatic heterocycles. The first-order valence-electron chi connectivity index (χ1n) is 7.06. The lowest BCUT2D eigenvalue weighted by Crippen LogP contribution is -2.37. The first-order valence-corrected chi connectivity index (χ1v) is 7.06. The maximum absolute atomic E-state index is 9.18. The SMILES string of the molecule is CCC1(C)CCC2C3CC(CC3C#N)C2C1. The lowest BCUT2D eigenvalue weighted by atomic mass is 9.60. The molecule has 3 rings (SSSR count). The van der Waals surface area contributed by atoms with Gasteiger partial charge < -0.3 is 0 Å². The molecule has 0 N–H and O–H groups in total. The Morgan fingerprint density at radius 3 is 2.75 bits per heavy atom. The van der Waals surface area contributed by atoms with Gasteiger partial charge in [0.15, 0.2) is 0 Å². The van der Waals surface area contributed by atoms with E-state index in [0.29, 0.717) is 11.3 Å². The Bertz CT molecular complexity index is 329. The van der Waals surface area contributed by atoms with Crippen LogP contribution in [0.3, 0.4) is 0 Å². The van der Waals surface area contributed by atoms with Gasteiger partial charge in [-0.25, -0.2) is 0 Å². The standard InChI is InChI=1S/C15H23N/c1-3-15(2)5-4-12-13-7-10(14(12)8-15)6-11(13)9-16/h10-14H,3-8H2,1-2H3. The van der Waals surface area contributed by atoms with Crippen molar-refractivity contribution in [2.75, 3.05) is 0 Å². The summed E-state index contributed by atoms with van der Waals surface area (Å²) in [5.41, 5.74) is 0.619. The van der Waals surface area contributed by atoms with Crippen molar-refractivity contribution in [2.45, 2.75) is 52.4 Å². The molecule has 2 bridgehead atoms. The smallest absolute Gasteiger partial charge is 0.0658 e. The van der Waals surface area contributed by atoms with Gasteiger partial charge in [-0.3, -0.25) is 0 Å². The minimum absolute atomic E-state index is 0.414. The van der Waals surface area contributed by atoms with Crippen molar-refractivity contribution in [1.82, 2.24) is 0 Å². The summed E-state index contributed by atoms with van der Waals surface area (Å²) in [4.78, 5) is 0. The van der Waals surface area contributed by atoms with Crippen molar-refractivity contribution in [3.05, 3.63) is 0 Å². The van der Waals surface area contributed by atoms with E-state index in [9.17, 15) is 5.26 Å². The quantitative estimate of drug-likeness (QED) is 0.651. The normalized spacial score (nSPS) is 54.7. The molecule has 3 aliphatic carbocycles. The molecule has 3 saturated carbocycles. The molecular formula is C15H23N. The average molecular weight is 217 g/mol. The minimum Gasteiger partial charge on any atom is -0.198 e. The van der Waals surface area contributed by atoms with E-state index in [-0.39, 0.29) is 0 Å². The molecule has 1 heteroatoms. The van der Waals surface area contributed by atoms with Crippen molar-refractivity contribution in [2.24, 2.45) is 35.0 Å². The number of nitrogens with zero attached hydrogens (tertiary/aromatic N) is 1. The van der Waals surface area contributed by atoms with Gasteiger partial charge in [-0.05, 0) is 61.2 Å². The first kappa shape index (κ1) is 10.6. The molecule has 0 saturated heterocycles. The molecule has 1 nitrogen and oxygen atoms in total. The van der Waals surface area contributed by atoms with Gasteiger partial charge in [0.1, 0.15) is 0 Å². The highest BCUT2D eigenvalue weighted by atomic mass is 14.6. The van der Waals surface area contributed by atoms with Gasteiger partial charge in [0, 0.05) is 5.92 Å². The van der Waals surface area contributed by atoms with Crippen LogP contribution >= 0.6 is 0 Å². The van der Waals surface area contributed by atoms with Crippen LogP contribution in [0.15, 0.2) is 0 Å². The van der Waals surface area contributed by atoms with E-state index >= 15 is 0 Å². The number of hydrogen-bond acceptors (Lipinski definition) is 1. The molecule has 0 aromatic rings. The number of hydrogen-bond donors (Lipinski definition) is 0. The average Bonchev–Trinajstić information content (AvgIpc) is 2.86. The van der Waals surface area contributed by atoms with Crippen LogP contribution in [0.2, 0.25) is 0 Å². The van der Waals surface area contributed by atoms with Crippen molar-refractivity contribution < 1.29 is 0 Å². The monoisotopic (exact) mass is 217 g/mol. The van der Waals surface area contributed by atoms with Crippen LogP contribution in [-0.2, 0) is 0 Å². The minimum atomic E-state index is 0.414. The molecule has 88 valence electrons. The van der Waals surface area contributed by atoms with Crippen LogP contribution in [0.25, 0.3) is 0 Å². The van der Waals surface area contributed by atoms with Gasteiger partial charge in [0.05, 0.1) is 6.07 Å². The predicted molar refractivity (Wildman–Crippen MR) is 64.5 cm³/mol. The molecule has 0 spiro atoms. The summed E-state index contributed by atoms with van der Waals surface area (Å²) >= 11 is 0. The van der Waals surface area contributed by atoms with Crippen LogP contribution in [0.5, 0.6) is 0 Å². The topological polar surface area (TPSA) is 23.8 Å². The van der Waals surface area contributed by atoms with Crippen molar-refractivity contribution >= 4 is 0 Å². The molecule has 6 unspecified atom stereocenters. The largest absolute Gasteiger partial charge is 0.198 e. The molecule has 16 heavy (non-hydrogen) atoms. The van der Waals surface area contributed by atoms with Crippen molar-refractivity contribution in [1.29, 1.82) is 5.26 Å². The van der Waals surface area contributed by atoms with Crippen LogP contribution in [-0.4, -0.2) is 0 Å². The van der Waals surface area contributed by atoms with E-state index in [1.165, 1.54) is 38.5 Å². The molecule has 0 heterocycles. The Kier molecular flexibility index (Phi) is 2.32. The Hall–Kier alpha value is -0.510. The lowest BCUT2D eigenvalue weighted by molar-refractivity contribution is 0.0498. The second-order valence-electron chi connectivity index (χ2n) is 6.87. The van der Waals surface area contributed by atoms with Crippen molar-refractivity contribution in [3.8, 4) is 6.07 Å². The third-order valence-corrected chi connectivity index (χ3v) is 6.18. The van der Waals surface area contributed by atoms with Gasteiger partial charge in [-0.2, -0.15) is 5.26 Å². The highest BCUT2D eigenvalue weighted by Gasteiger charge is 2.55. The predicted octanol–water partition coefficient (Wildman–Crippen LogP) is 4.00. The molecule has 0 amide bonds. The fourth-order valence-electron chi connectivity index (χ4n) is 5.00. The Labute approximate surface area is 99.2 Å². The Morgan fingerprint density at radius 1 is 1.25 bits per heavy atom. The molecule has 3 aliphatic rings. The second-order valence-corrected chi connectivity index (χ2v) is 6.87. The molecule has 6 atom stereocenters. The zero-order valence-corrected chi connectivity index (χ0v) is 10.6. The van der Waals surface area contributed by atoms with Gasteiger partial charge in [-0.1, -0.05) is 20.3 Å². The van der Waals surface area contributed by atoms with Crippen LogP contribution < -0.4 is 0 Å². The van der Waals surface area contributed by atoms with Crippen LogP contribution in [0.1, 0.15) is 52.4 Å². The summed E-state index contributed by atoms with van der Waals surface area (Å²) in [5, 5.41) is 9.18. The summed E-state index contributed by atoms with van der Waals surface area (Å²) in [6, 6.07) is 2.56.